The molecule has 0 bridgehead atoms. The zero-order valence-electron chi connectivity index (χ0n) is 9.87. The Labute approximate surface area is 93.1 Å². The van der Waals surface area contributed by atoms with Gasteiger partial charge in [0.1, 0.15) is 0 Å². The summed E-state index contributed by atoms with van der Waals surface area (Å²) < 4.78 is 0. The molecule has 0 aromatic carbocycles. The number of aliphatic carboxylic acids is 1. The van der Waals surface area contributed by atoms with Crippen molar-refractivity contribution in [3.05, 3.63) is 0 Å². The minimum absolute atomic E-state index is 0.00471. The Morgan fingerprint density at radius 1 is 1.13 bits per heavy atom. The van der Waals surface area contributed by atoms with Crippen LogP contribution in [0.5, 0.6) is 0 Å². The van der Waals surface area contributed by atoms with E-state index in [4.69, 9.17) is 5.11 Å². The molecule has 2 atom stereocenters. The summed E-state index contributed by atoms with van der Waals surface area (Å²) in [5.41, 5.74) is 0. The molecule has 1 rings (SSSR count). The van der Waals surface area contributed by atoms with Crippen LogP contribution in [-0.4, -0.2) is 11.1 Å². The van der Waals surface area contributed by atoms with Crippen molar-refractivity contribution in [2.75, 3.05) is 0 Å². The van der Waals surface area contributed by atoms with Gasteiger partial charge in [-0.15, -0.1) is 0 Å². The Bertz CT molecular complexity index is 189. The maximum absolute atomic E-state index is 10.6. The third-order valence-corrected chi connectivity index (χ3v) is 3.42. The van der Waals surface area contributed by atoms with Crippen LogP contribution in [0.1, 0.15) is 64.7 Å². The second-order valence-electron chi connectivity index (χ2n) is 4.85. The molecule has 88 valence electrons. The van der Waals surface area contributed by atoms with Crippen LogP contribution in [0.2, 0.25) is 0 Å². The molecule has 1 aliphatic carbocycles. The van der Waals surface area contributed by atoms with Gasteiger partial charge in [0, 0.05) is 0 Å². The summed E-state index contributed by atoms with van der Waals surface area (Å²) in [7, 11) is 0. The first kappa shape index (κ1) is 12.5. The number of rotatable bonds is 9. The van der Waals surface area contributed by atoms with Crippen LogP contribution in [0.3, 0.4) is 0 Å². The molecule has 0 heterocycles. The van der Waals surface area contributed by atoms with E-state index in [2.05, 4.69) is 6.92 Å². The lowest BCUT2D eigenvalue weighted by atomic mass is 10.1. The quantitative estimate of drug-likeness (QED) is 0.589. The molecule has 1 N–H and O–H groups in total. The molecular weight excluding hydrogens is 188 g/mol. The average molecular weight is 212 g/mol. The Kier molecular flexibility index (Phi) is 5.74. The smallest absolute Gasteiger partial charge is 0.306 e. The fourth-order valence-electron chi connectivity index (χ4n) is 2.23. The Hall–Kier alpha value is -0.530. The highest BCUT2D eigenvalue weighted by Gasteiger charge is 2.42. The zero-order chi connectivity index (χ0) is 11.1. The van der Waals surface area contributed by atoms with E-state index in [0.29, 0.717) is 5.92 Å². The van der Waals surface area contributed by atoms with E-state index in [9.17, 15) is 4.79 Å². The molecule has 2 nitrogen and oxygen atoms in total. The molecule has 0 aromatic rings. The first-order valence-electron chi connectivity index (χ1n) is 6.48. The van der Waals surface area contributed by atoms with Crippen LogP contribution in [0.25, 0.3) is 0 Å². The van der Waals surface area contributed by atoms with Crippen molar-refractivity contribution in [3.8, 4) is 0 Å². The van der Waals surface area contributed by atoms with Crippen LogP contribution in [0.15, 0.2) is 0 Å². The van der Waals surface area contributed by atoms with E-state index in [0.717, 1.165) is 12.8 Å². The first-order valence-corrected chi connectivity index (χ1v) is 6.48. The fraction of sp³-hybridized carbons (Fsp3) is 0.923. The highest BCUT2D eigenvalue weighted by Crippen LogP contribution is 2.42. The normalized spacial score (nSPS) is 24.1. The summed E-state index contributed by atoms with van der Waals surface area (Å²) in [6, 6.07) is 0. The van der Waals surface area contributed by atoms with Crippen molar-refractivity contribution < 1.29 is 9.90 Å². The molecule has 0 aliphatic heterocycles. The van der Waals surface area contributed by atoms with Crippen molar-refractivity contribution in [1.82, 2.24) is 0 Å². The van der Waals surface area contributed by atoms with Crippen LogP contribution < -0.4 is 0 Å². The number of carbonyl (C=O) groups is 1. The molecule has 2 heteroatoms. The summed E-state index contributed by atoms with van der Waals surface area (Å²) in [6.07, 6.45) is 11.4. The van der Waals surface area contributed by atoms with Gasteiger partial charge in [0.25, 0.3) is 0 Å². The highest BCUT2D eigenvalue weighted by molar-refractivity contribution is 5.73. The lowest BCUT2D eigenvalue weighted by Crippen LogP contribution is -1.99. The maximum Gasteiger partial charge on any atom is 0.306 e. The molecule has 0 unspecified atom stereocenters. The van der Waals surface area contributed by atoms with Gasteiger partial charge >= 0.3 is 5.97 Å². The van der Waals surface area contributed by atoms with Gasteiger partial charge in [0.05, 0.1) is 5.92 Å². The molecule has 0 spiro atoms. The summed E-state index contributed by atoms with van der Waals surface area (Å²) in [6.45, 7) is 2.24. The van der Waals surface area contributed by atoms with E-state index >= 15 is 0 Å². The van der Waals surface area contributed by atoms with Crippen molar-refractivity contribution in [2.45, 2.75) is 64.7 Å². The minimum Gasteiger partial charge on any atom is -0.481 e. The van der Waals surface area contributed by atoms with Crippen molar-refractivity contribution in [1.29, 1.82) is 0 Å². The third kappa shape index (κ3) is 5.19. The predicted octanol–water partition coefficient (Wildman–Crippen LogP) is 3.85. The largest absolute Gasteiger partial charge is 0.481 e. The molecule has 1 fully saturated rings. The molecule has 0 aromatic heterocycles. The van der Waals surface area contributed by atoms with E-state index in [-0.39, 0.29) is 5.92 Å². The topological polar surface area (TPSA) is 37.3 Å². The van der Waals surface area contributed by atoms with Gasteiger partial charge < -0.3 is 5.11 Å². The molecule has 0 saturated heterocycles. The number of unbranched alkanes of at least 4 members (excludes halogenated alkanes) is 6. The van der Waals surface area contributed by atoms with Crippen LogP contribution >= 0.6 is 0 Å². The Morgan fingerprint density at radius 2 is 1.73 bits per heavy atom. The van der Waals surface area contributed by atoms with Gasteiger partial charge in [-0.3, -0.25) is 4.79 Å². The maximum atomic E-state index is 10.6. The number of hydrogen-bond acceptors (Lipinski definition) is 1. The molecule has 15 heavy (non-hydrogen) atoms. The van der Waals surface area contributed by atoms with Gasteiger partial charge in [0.15, 0.2) is 0 Å². The minimum atomic E-state index is -0.581. The first-order chi connectivity index (χ1) is 7.25. The molecule has 1 saturated carbocycles. The van der Waals surface area contributed by atoms with Crippen molar-refractivity contribution >= 4 is 5.97 Å². The third-order valence-electron chi connectivity index (χ3n) is 3.42. The molecule has 0 amide bonds. The lowest BCUT2D eigenvalue weighted by Gasteiger charge is -2.00. The Morgan fingerprint density at radius 3 is 2.27 bits per heavy atom. The van der Waals surface area contributed by atoms with E-state index < -0.39 is 5.97 Å². The van der Waals surface area contributed by atoms with Gasteiger partial charge in [-0.2, -0.15) is 0 Å². The fourth-order valence-corrected chi connectivity index (χ4v) is 2.23. The monoisotopic (exact) mass is 212 g/mol. The molecular formula is C13H24O2. The number of carboxylic acid groups (broad SMARTS) is 1. The van der Waals surface area contributed by atoms with Gasteiger partial charge in [0.2, 0.25) is 0 Å². The van der Waals surface area contributed by atoms with E-state index in [1.165, 1.54) is 44.9 Å². The standard InChI is InChI=1S/C13H24O2/c1-2-3-4-5-6-7-8-9-11-10-12(11)13(14)15/h11-12H,2-10H2,1H3,(H,14,15)/t11-,12+/m1/s1. The number of carboxylic acids is 1. The second kappa shape index (κ2) is 6.86. The van der Waals surface area contributed by atoms with Crippen molar-refractivity contribution in [3.63, 3.8) is 0 Å². The Balaban J connectivity index is 1.80. The second-order valence-corrected chi connectivity index (χ2v) is 4.85. The van der Waals surface area contributed by atoms with Gasteiger partial charge in [-0.05, 0) is 18.8 Å². The summed E-state index contributed by atoms with van der Waals surface area (Å²) in [4.78, 5) is 10.6. The van der Waals surface area contributed by atoms with Crippen LogP contribution in [0, 0.1) is 11.8 Å². The van der Waals surface area contributed by atoms with Crippen LogP contribution in [0.4, 0.5) is 0 Å². The average Bonchev–Trinajstić information content (AvgIpc) is 2.96. The van der Waals surface area contributed by atoms with Gasteiger partial charge in [-0.1, -0.05) is 51.9 Å². The molecule has 1 aliphatic rings. The summed E-state index contributed by atoms with van der Waals surface area (Å²) in [5, 5.41) is 8.72. The van der Waals surface area contributed by atoms with Gasteiger partial charge in [-0.25, -0.2) is 0 Å². The molecule has 0 radical (unpaired) electrons. The SMILES string of the molecule is CCCCCCCCC[C@@H]1C[C@@H]1C(=O)O. The lowest BCUT2D eigenvalue weighted by molar-refractivity contribution is -0.138. The highest BCUT2D eigenvalue weighted by atomic mass is 16.4. The zero-order valence-corrected chi connectivity index (χ0v) is 9.87. The van der Waals surface area contributed by atoms with Crippen LogP contribution in [-0.2, 0) is 4.79 Å². The number of hydrogen-bond donors (Lipinski definition) is 1. The summed E-state index contributed by atoms with van der Waals surface area (Å²) in [5.74, 6) is -0.0637. The summed E-state index contributed by atoms with van der Waals surface area (Å²) >= 11 is 0. The van der Waals surface area contributed by atoms with E-state index in [1.807, 2.05) is 0 Å². The predicted molar refractivity (Wildman–Crippen MR) is 61.8 cm³/mol. The van der Waals surface area contributed by atoms with Crippen molar-refractivity contribution in [2.24, 2.45) is 11.8 Å². The van der Waals surface area contributed by atoms with E-state index in [1.54, 1.807) is 0 Å².